The minimum atomic E-state index is -0.126. The molecule has 4 nitrogen and oxygen atoms in total. The van der Waals surface area contributed by atoms with Crippen molar-refractivity contribution in [3.63, 3.8) is 0 Å². The largest absolute Gasteiger partial charge is 0.352 e. The van der Waals surface area contributed by atoms with Crippen molar-refractivity contribution in [2.24, 2.45) is 29.6 Å². The van der Waals surface area contributed by atoms with Crippen molar-refractivity contribution >= 4 is 0 Å². The topological polar surface area (TPSA) is 36.9 Å². The molecule has 6 saturated heterocycles. The minimum Gasteiger partial charge on any atom is -0.352 e. The summed E-state index contributed by atoms with van der Waals surface area (Å²) < 4.78 is 25.5. The third kappa shape index (κ3) is 3.92. The molecule has 6 heterocycles. The van der Waals surface area contributed by atoms with E-state index in [1.165, 1.54) is 12.8 Å². The maximum atomic E-state index is 6.61. The van der Waals surface area contributed by atoms with E-state index in [0.717, 1.165) is 19.4 Å². The van der Waals surface area contributed by atoms with Crippen molar-refractivity contribution in [3.8, 4) is 0 Å². The van der Waals surface area contributed by atoms with Crippen LogP contribution in [0.15, 0.2) is 0 Å². The molecule has 8 unspecified atom stereocenters. The van der Waals surface area contributed by atoms with E-state index in [4.69, 9.17) is 18.9 Å². The Kier molecular flexibility index (Phi) is 6.46. The van der Waals surface area contributed by atoms with Gasteiger partial charge in [0, 0.05) is 18.4 Å². The Hall–Kier alpha value is -0.160. The van der Waals surface area contributed by atoms with E-state index in [1.54, 1.807) is 0 Å². The maximum absolute atomic E-state index is 6.61. The molecule has 6 aliphatic rings. The summed E-state index contributed by atoms with van der Waals surface area (Å²) in [4.78, 5) is 0. The van der Waals surface area contributed by atoms with Gasteiger partial charge in [-0.2, -0.15) is 0 Å². The van der Waals surface area contributed by atoms with Crippen LogP contribution >= 0.6 is 0 Å². The Bertz CT molecular complexity index is 426. The summed E-state index contributed by atoms with van der Waals surface area (Å²) in [6.07, 6.45) is 4.63. The van der Waals surface area contributed by atoms with Gasteiger partial charge in [-0.3, -0.25) is 0 Å². The van der Waals surface area contributed by atoms with Gasteiger partial charge in [-0.15, -0.1) is 0 Å². The zero-order valence-electron chi connectivity index (χ0n) is 16.9. The fraction of sp³-hybridized carbons (Fsp3) is 1.00. The number of hydrogen-bond donors (Lipinski definition) is 0. The normalized spacial score (nSPS) is 52.1. The number of ether oxygens (including phenoxy) is 4. The minimum absolute atomic E-state index is 0.0752. The number of rotatable bonds is 1. The van der Waals surface area contributed by atoms with Crippen LogP contribution in [0.2, 0.25) is 0 Å². The molecule has 6 rings (SSSR count). The molecule has 4 heteroatoms. The molecule has 0 aromatic rings. The Labute approximate surface area is 153 Å². The fourth-order valence-corrected chi connectivity index (χ4v) is 4.98. The van der Waals surface area contributed by atoms with E-state index in [2.05, 4.69) is 41.5 Å². The van der Waals surface area contributed by atoms with Crippen molar-refractivity contribution in [1.29, 1.82) is 0 Å². The summed E-state index contributed by atoms with van der Waals surface area (Å²) in [6, 6.07) is 0. The van der Waals surface area contributed by atoms with Gasteiger partial charge in [0.25, 0.3) is 0 Å². The lowest BCUT2D eigenvalue weighted by Gasteiger charge is -2.49. The van der Waals surface area contributed by atoms with E-state index in [0.29, 0.717) is 29.6 Å². The van der Waals surface area contributed by atoms with Gasteiger partial charge in [0.05, 0.1) is 18.3 Å². The first-order chi connectivity index (χ1) is 11.9. The maximum Gasteiger partial charge on any atom is 0.161 e. The second kappa shape index (κ2) is 8.24. The van der Waals surface area contributed by atoms with Crippen LogP contribution in [0.4, 0.5) is 0 Å². The lowest BCUT2D eigenvalue weighted by molar-refractivity contribution is -0.324. The third-order valence-corrected chi connectivity index (χ3v) is 7.25. The fourth-order valence-electron chi connectivity index (χ4n) is 4.98. The van der Waals surface area contributed by atoms with Gasteiger partial charge in [0.2, 0.25) is 0 Å². The smallest absolute Gasteiger partial charge is 0.161 e. The monoisotopic (exact) mass is 354 g/mol. The van der Waals surface area contributed by atoms with Crippen LogP contribution in [0, 0.1) is 29.6 Å². The lowest BCUT2D eigenvalue weighted by atomic mass is 9.75. The molecule has 0 spiro atoms. The van der Waals surface area contributed by atoms with Crippen molar-refractivity contribution in [2.45, 2.75) is 98.1 Å². The van der Waals surface area contributed by atoms with Crippen LogP contribution < -0.4 is 0 Å². The molecule has 6 fully saturated rings. The second-order valence-corrected chi connectivity index (χ2v) is 8.73. The van der Waals surface area contributed by atoms with Gasteiger partial charge >= 0.3 is 0 Å². The highest BCUT2D eigenvalue weighted by atomic mass is 16.7. The highest BCUT2D eigenvalue weighted by Crippen LogP contribution is 2.42. The summed E-state index contributed by atoms with van der Waals surface area (Å²) in [7, 11) is 0. The first-order valence-corrected chi connectivity index (χ1v) is 10.5. The molecular formula is C21H38O4. The summed E-state index contributed by atoms with van der Waals surface area (Å²) in [5, 5.41) is 0. The van der Waals surface area contributed by atoms with Gasteiger partial charge in [0.15, 0.2) is 12.6 Å². The van der Waals surface area contributed by atoms with Crippen LogP contribution in [0.5, 0.6) is 0 Å². The van der Waals surface area contributed by atoms with E-state index in [9.17, 15) is 0 Å². The number of hydrogen-bond acceptors (Lipinski definition) is 4. The van der Waals surface area contributed by atoms with Crippen LogP contribution in [-0.2, 0) is 18.9 Å². The zero-order chi connectivity index (χ0) is 18.1. The first-order valence-electron chi connectivity index (χ1n) is 10.5. The van der Waals surface area contributed by atoms with Crippen molar-refractivity contribution < 1.29 is 18.9 Å². The highest BCUT2D eigenvalue weighted by Gasteiger charge is 2.46. The van der Waals surface area contributed by atoms with Gasteiger partial charge in [0.1, 0.15) is 0 Å². The standard InChI is InChI=1S/C21H38O4/c1-7-18-19-13(3)15(5)20(24-18)22-11-9-8-10-17-12(2)14(4)21(25-19)23-16(17)6/h12-21H,7-11H2,1-6H3/t12?,13?,14?,15?,16?,17?,18?,19?,20-,21+/m1/s1. The van der Waals surface area contributed by atoms with E-state index in [-0.39, 0.29) is 30.9 Å². The molecule has 0 aromatic carbocycles. The molecule has 4 bridgehead atoms. The Morgan fingerprint density at radius 2 is 1.48 bits per heavy atom. The van der Waals surface area contributed by atoms with E-state index >= 15 is 0 Å². The van der Waals surface area contributed by atoms with Crippen LogP contribution in [0.3, 0.4) is 0 Å². The molecule has 0 aromatic heterocycles. The van der Waals surface area contributed by atoms with Crippen molar-refractivity contribution in [2.75, 3.05) is 6.61 Å². The Balaban J connectivity index is 1.85. The Morgan fingerprint density at radius 3 is 2.20 bits per heavy atom. The predicted molar refractivity (Wildman–Crippen MR) is 98.1 cm³/mol. The summed E-state index contributed by atoms with van der Waals surface area (Å²) in [5.74, 6) is 2.37. The molecule has 0 amide bonds. The molecule has 0 aliphatic carbocycles. The van der Waals surface area contributed by atoms with E-state index < -0.39 is 0 Å². The zero-order valence-corrected chi connectivity index (χ0v) is 16.9. The second-order valence-electron chi connectivity index (χ2n) is 8.73. The summed E-state index contributed by atoms with van der Waals surface area (Å²) in [6.45, 7) is 14.4. The van der Waals surface area contributed by atoms with Crippen LogP contribution in [0.25, 0.3) is 0 Å². The average Bonchev–Trinajstić information content (AvgIpc) is 2.59. The summed E-state index contributed by atoms with van der Waals surface area (Å²) >= 11 is 0. The SMILES string of the molecule is CCC1O[C@H]2OCCCCC3C(C)O[C@@H](OC1C(C)C2C)C(C)C3C. The van der Waals surface area contributed by atoms with E-state index in [1.807, 2.05) is 0 Å². The van der Waals surface area contributed by atoms with Gasteiger partial charge in [-0.25, -0.2) is 0 Å². The molecule has 146 valence electrons. The molecule has 6 aliphatic heterocycles. The molecule has 25 heavy (non-hydrogen) atoms. The first kappa shape index (κ1) is 19.6. The highest BCUT2D eigenvalue weighted by molar-refractivity contribution is 4.89. The van der Waals surface area contributed by atoms with Crippen LogP contribution in [0.1, 0.15) is 67.2 Å². The van der Waals surface area contributed by atoms with Gasteiger partial charge in [-0.1, -0.05) is 41.0 Å². The third-order valence-electron chi connectivity index (χ3n) is 7.25. The van der Waals surface area contributed by atoms with Gasteiger partial charge in [-0.05, 0) is 43.9 Å². The van der Waals surface area contributed by atoms with Gasteiger partial charge < -0.3 is 18.9 Å². The predicted octanol–water partition coefficient (Wildman–Crippen LogP) is 4.61. The molecular weight excluding hydrogens is 316 g/mol. The lowest BCUT2D eigenvalue weighted by Crippen LogP contribution is -2.55. The van der Waals surface area contributed by atoms with Crippen molar-refractivity contribution in [1.82, 2.24) is 0 Å². The molecule has 10 atom stereocenters. The molecule has 0 radical (unpaired) electrons. The Morgan fingerprint density at radius 1 is 0.760 bits per heavy atom. The average molecular weight is 355 g/mol. The quantitative estimate of drug-likeness (QED) is 0.689. The molecule has 0 saturated carbocycles. The molecule has 0 N–H and O–H groups in total. The van der Waals surface area contributed by atoms with Crippen LogP contribution in [-0.4, -0.2) is 37.5 Å². The van der Waals surface area contributed by atoms with Crippen molar-refractivity contribution in [3.05, 3.63) is 0 Å². The summed E-state index contributed by atoms with van der Waals surface area (Å²) in [5.41, 5.74) is 0.